The lowest BCUT2D eigenvalue weighted by Gasteiger charge is -2.32. The molecule has 1 N–H and O–H groups in total. The number of benzene rings is 3. The van der Waals surface area contributed by atoms with E-state index in [2.05, 4.69) is 5.32 Å². The molecule has 0 radical (unpaired) electrons. The van der Waals surface area contributed by atoms with Crippen LogP contribution in [0.3, 0.4) is 0 Å². The number of hydrogen-bond acceptors (Lipinski definition) is 2. The Labute approximate surface area is 224 Å². The van der Waals surface area contributed by atoms with Gasteiger partial charge in [0.15, 0.2) is 0 Å². The number of halogens is 2. The van der Waals surface area contributed by atoms with Crippen LogP contribution in [0.25, 0.3) is 0 Å². The maximum absolute atomic E-state index is 13.7. The minimum atomic E-state index is -0.665. The summed E-state index contributed by atoms with van der Waals surface area (Å²) in [6.07, 6.45) is 2.12. The van der Waals surface area contributed by atoms with Gasteiger partial charge in [0.05, 0.1) is 10.0 Å². The van der Waals surface area contributed by atoms with Gasteiger partial charge >= 0.3 is 0 Å². The van der Waals surface area contributed by atoms with Crippen molar-refractivity contribution in [3.05, 3.63) is 105 Å². The predicted molar refractivity (Wildman–Crippen MR) is 148 cm³/mol. The molecule has 0 fully saturated rings. The van der Waals surface area contributed by atoms with Gasteiger partial charge in [-0.05, 0) is 55.5 Å². The zero-order chi connectivity index (χ0) is 26.1. The second-order valence-electron chi connectivity index (χ2n) is 9.28. The highest BCUT2D eigenvalue weighted by Crippen LogP contribution is 2.25. The van der Waals surface area contributed by atoms with E-state index < -0.39 is 6.04 Å². The van der Waals surface area contributed by atoms with Crippen molar-refractivity contribution in [2.24, 2.45) is 0 Å². The predicted octanol–water partition coefficient (Wildman–Crippen LogP) is 6.79. The molecule has 6 heteroatoms. The highest BCUT2D eigenvalue weighted by Gasteiger charge is 2.30. The largest absolute Gasteiger partial charge is 0.352 e. The molecule has 0 saturated heterocycles. The van der Waals surface area contributed by atoms with Crippen LogP contribution in [0.2, 0.25) is 10.0 Å². The van der Waals surface area contributed by atoms with Crippen molar-refractivity contribution < 1.29 is 9.59 Å². The van der Waals surface area contributed by atoms with Crippen LogP contribution in [0.1, 0.15) is 48.9 Å². The van der Waals surface area contributed by atoms with Gasteiger partial charge < -0.3 is 10.2 Å². The van der Waals surface area contributed by atoms with Gasteiger partial charge in [0, 0.05) is 25.4 Å². The van der Waals surface area contributed by atoms with Gasteiger partial charge in [-0.25, -0.2) is 0 Å². The van der Waals surface area contributed by atoms with Crippen molar-refractivity contribution in [2.75, 3.05) is 0 Å². The smallest absolute Gasteiger partial charge is 0.243 e. The Morgan fingerprint density at radius 3 is 2.19 bits per heavy atom. The second kappa shape index (κ2) is 13.5. The molecule has 3 rings (SSSR count). The first-order valence-corrected chi connectivity index (χ1v) is 13.2. The molecule has 0 bridgehead atoms. The molecule has 0 aromatic heterocycles. The number of hydrogen-bond donors (Lipinski definition) is 1. The number of nitrogens with one attached hydrogen (secondary N) is 1. The summed E-state index contributed by atoms with van der Waals surface area (Å²) < 4.78 is 0. The van der Waals surface area contributed by atoms with E-state index in [4.69, 9.17) is 23.2 Å². The third kappa shape index (κ3) is 8.11. The summed E-state index contributed by atoms with van der Waals surface area (Å²) in [4.78, 5) is 28.9. The van der Waals surface area contributed by atoms with E-state index in [0.717, 1.165) is 23.1 Å². The van der Waals surface area contributed by atoms with Gasteiger partial charge in [-0.2, -0.15) is 0 Å². The van der Waals surface area contributed by atoms with Crippen molar-refractivity contribution in [2.45, 2.75) is 65.1 Å². The molecule has 3 aromatic carbocycles. The van der Waals surface area contributed by atoms with Gasteiger partial charge in [-0.15, -0.1) is 0 Å². The van der Waals surface area contributed by atoms with Crippen molar-refractivity contribution in [1.29, 1.82) is 0 Å². The van der Waals surface area contributed by atoms with Crippen LogP contribution in [0.4, 0.5) is 0 Å². The fourth-order valence-electron chi connectivity index (χ4n) is 3.98. The lowest BCUT2D eigenvalue weighted by Crippen LogP contribution is -2.52. The number of carbonyl (C=O) groups is 2. The van der Waals surface area contributed by atoms with E-state index in [1.807, 2.05) is 81.4 Å². The van der Waals surface area contributed by atoms with Crippen LogP contribution in [0.5, 0.6) is 0 Å². The Morgan fingerprint density at radius 2 is 1.56 bits per heavy atom. The topological polar surface area (TPSA) is 49.4 Å². The average molecular weight is 526 g/mol. The van der Waals surface area contributed by atoms with E-state index in [1.165, 1.54) is 5.56 Å². The first kappa shape index (κ1) is 27.8. The fraction of sp³-hybridized carbons (Fsp3) is 0.333. The molecule has 0 aliphatic heterocycles. The summed E-state index contributed by atoms with van der Waals surface area (Å²) >= 11 is 12.4. The highest BCUT2D eigenvalue weighted by molar-refractivity contribution is 6.42. The Balaban J connectivity index is 1.92. The third-order valence-electron chi connectivity index (χ3n) is 6.36. The van der Waals surface area contributed by atoms with E-state index in [9.17, 15) is 9.59 Å². The average Bonchev–Trinajstić information content (AvgIpc) is 2.88. The molecule has 4 nitrogen and oxygen atoms in total. The van der Waals surface area contributed by atoms with Crippen LogP contribution in [-0.4, -0.2) is 28.8 Å². The second-order valence-corrected chi connectivity index (χ2v) is 10.1. The Morgan fingerprint density at radius 1 is 0.889 bits per heavy atom. The molecule has 0 saturated carbocycles. The Bertz CT molecular complexity index is 1150. The Kier molecular flexibility index (Phi) is 10.4. The van der Waals surface area contributed by atoms with Crippen molar-refractivity contribution in [1.82, 2.24) is 10.2 Å². The lowest BCUT2D eigenvalue weighted by atomic mass is 10.0. The number of carbonyl (C=O) groups excluding carboxylic acids is 2. The standard InChI is InChI=1S/C30H34Cl2N2O2/c1-4-22(3)33-30(36)28(19-24-8-6-5-7-9-24)34(20-25-14-16-26(31)27(32)18-25)29(35)17-15-23-12-10-21(2)11-13-23/h5-14,16,18,22,28H,4,15,17,19-20H2,1-3H3,(H,33,36)/t22-,28-/m0/s1. The number of rotatable bonds is 11. The minimum Gasteiger partial charge on any atom is -0.352 e. The van der Waals surface area contributed by atoms with Gasteiger partial charge in [0.25, 0.3) is 0 Å². The molecule has 190 valence electrons. The van der Waals surface area contributed by atoms with E-state index in [0.29, 0.717) is 29.3 Å². The first-order chi connectivity index (χ1) is 17.3. The van der Waals surface area contributed by atoms with Gasteiger partial charge in [0.1, 0.15) is 6.04 Å². The summed E-state index contributed by atoms with van der Waals surface area (Å²) in [5.41, 5.74) is 4.08. The van der Waals surface area contributed by atoms with Crippen molar-refractivity contribution in [3.8, 4) is 0 Å². The minimum absolute atomic E-state index is 0.00487. The molecule has 36 heavy (non-hydrogen) atoms. The molecule has 2 atom stereocenters. The van der Waals surface area contributed by atoms with Crippen LogP contribution >= 0.6 is 23.2 Å². The molecule has 0 aliphatic rings. The maximum Gasteiger partial charge on any atom is 0.243 e. The van der Waals surface area contributed by atoms with E-state index in [1.54, 1.807) is 17.0 Å². The molecule has 0 spiro atoms. The van der Waals surface area contributed by atoms with Crippen LogP contribution in [0, 0.1) is 6.92 Å². The molecular weight excluding hydrogens is 491 g/mol. The van der Waals surface area contributed by atoms with Gasteiger partial charge in [-0.3, -0.25) is 9.59 Å². The van der Waals surface area contributed by atoms with Gasteiger partial charge in [0.2, 0.25) is 11.8 Å². The maximum atomic E-state index is 13.7. The molecule has 2 amide bonds. The lowest BCUT2D eigenvalue weighted by molar-refractivity contribution is -0.141. The summed E-state index contributed by atoms with van der Waals surface area (Å²) in [6, 6.07) is 22.7. The number of amides is 2. The highest BCUT2D eigenvalue weighted by atomic mass is 35.5. The summed E-state index contributed by atoms with van der Waals surface area (Å²) in [5.74, 6) is -0.237. The monoisotopic (exact) mass is 524 g/mol. The molecule has 0 aliphatic carbocycles. The zero-order valence-corrected chi connectivity index (χ0v) is 22.6. The molecule has 0 unspecified atom stereocenters. The van der Waals surface area contributed by atoms with Gasteiger partial charge in [-0.1, -0.05) is 96.4 Å². The molecular formula is C30H34Cl2N2O2. The molecule has 3 aromatic rings. The Hall–Kier alpha value is -2.82. The van der Waals surface area contributed by atoms with Crippen LogP contribution in [0.15, 0.2) is 72.8 Å². The zero-order valence-electron chi connectivity index (χ0n) is 21.1. The van der Waals surface area contributed by atoms with E-state index in [-0.39, 0.29) is 24.4 Å². The molecule has 0 heterocycles. The fourth-order valence-corrected chi connectivity index (χ4v) is 4.30. The van der Waals surface area contributed by atoms with Crippen molar-refractivity contribution >= 4 is 35.0 Å². The SMILES string of the molecule is CC[C@H](C)NC(=O)[C@H](Cc1ccccc1)N(Cc1ccc(Cl)c(Cl)c1)C(=O)CCc1ccc(C)cc1. The summed E-state index contributed by atoms with van der Waals surface area (Å²) in [5, 5.41) is 3.96. The van der Waals surface area contributed by atoms with Crippen molar-refractivity contribution in [3.63, 3.8) is 0 Å². The van der Waals surface area contributed by atoms with Crippen LogP contribution < -0.4 is 5.32 Å². The third-order valence-corrected chi connectivity index (χ3v) is 7.10. The number of aryl methyl sites for hydroxylation is 2. The quantitative estimate of drug-likeness (QED) is 0.300. The normalized spacial score (nSPS) is 12.6. The number of nitrogens with zero attached hydrogens (tertiary/aromatic N) is 1. The first-order valence-electron chi connectivity index (χ1n) is 12.4. The summed E-state index contributed by atoms with van der Waals surface area (Å²) in [7, 11) is 0. The van der Waals surface area contributed by atoms with E-state index >= 15 is 0 Å². The summed E-state index contributed by atoms with van der Waals surface area (Å²) in [6.45, 7) is 6.30. The van der Waals surface area contributed by atoms with Crippen LogP contribution in [-0.2, 0) is 29.0 Å².